The Morgan fingerprint density at radius 1 is 1.25 bits per heavy atom. The summed E-state index contributed by atoms with van der Waals surface area (Å²) in [5, 5.41) is 0. The van der Waals surface area contributed by atoms with Crippen LogP contribution in [0.2, 0.25) is 0 Å². The van der Waals surface area contributed by atoms with Crippen molar-refractivity contribution in [3.63, 3.8) is 0 Å². The zero-order valence-corrected chi connectivity index (χ0v) is 12.4. The molecule has 3 rings (SSSR count). The van der Waals surface area contributed by atoms with Gasteiger partial charge in [-0.3, -0.25) is 4.79 Å². The van der Waals surface area contributed by atoms with Crippen molar-refractivity contribution in [2.75, 3.05) is 0 Å². The fourth-order valence-corrected chi connectivity index (χ4v) is 3.38. The lowest BCUT2D eigenvalue weighted by Gasteiger charge is -2.12. The van der Waals surface area contributed by atoms with Gasteiger partial charge in [-0.15, -0.1) is 0 Å². The van der Waals surface area contributed by atoms with E-state index in [4.69, 9.17) is 0 Å². The maximum Gasteiger partial charge on any atom is 0.209 e. The van der Waals surface area contributed by atoms with E-state index in [2.05, 4.69) is 31.4 Å². The van der Waals surface area contributed by atoms with E-state index < -0.39 is 0 Å². The summed E-state index contributed by atoms with van der Waals surface area (Å²) in [6.45, 7) is 7.56. The molecule has 0 saturated carbocycles. The van der Waals surface area contributed by atoms with Crippen LogP contribution in [0.25, 0.3) is 0 Å². The molecule has 0 amide bonds. The highest BCUT2D eigenvalue weighted by Crippen LogP contribution is 2.37. The maximum atomic E-state index is 12.7. The topological polar surface area (TPSA) is 22.0 Å². The van der Waals surface area contributed by atoms with Gasteiger partial charge in [0.2, 0.25) is 5.78 Å². The van der Waals surface area contributed by atoms with Gasteiger partial charge < -0.3 is 4.57 Å². The second-order valence-corrected chi connectivity index (χ2v) is 6.09. The van der Waals surface area contributed by atoms with Gasteiger partial charge in [-0.2, -0.15) is 0 Å². The molecule has 0 spiro atoms. The van der Waals surface area contributed by atoms with Crippen LogP contribution in [0.5, 0.6) is 0 Å². The molecule has 0 fully saturated rings. The number of carbonyl (C=O) groups excluding carboxylic acids is 1. The zero-order valence-electron chi connectivity index (χ0n) is 12.4. The Labute approximate surface area is 120 Å². The number of nitrogens with zero attached hydrogens (tertiary/aromatic N) is 1. The third-order valence-corrected chi connectivity index (χ3v) is 4.42. The first kappa shape index (κ1) is 13.2. The Kier molecular flexibility index (Phi) is 3.25. The number of carbonyl (C=O) groups is 1. The molecular formula is C18H21NO. The van der Waals surface area contributed by atoms with Gasteiger partial charge in [0.25, 0.3) is 0 Å². The third-order valence-electron chi connectivity index (χ3n) is 4.42. The molecule has 2 nitrogen and oxygen atoms in total. The van der Waals surface area contributed by atoms with Crippen molar-refractivity contribution in [2.24, 2.45) is 5.92 Å². The van der Waals surface area contributed by atoms with Gasteiger partial charge in [-0.25, -0.2) is 0 Å². The molecule has 1 unspecified atom stereocenters. The number of aryl methyl sites for hydroxylation is 1. The van der Waals surface area contributed by atoms with E-state index in [9.17, 15) is 4.79 Å². The van der Waals surface area contributed by atoms with Gasteiger partial charge in [0.05, 0.1) is 5.69 Å². The molecule has 2 heteroatoms. The molecule has 104 valence electrons. The number of hydrogen-bond donors (Lipinski definition) is 0. The molecule has 0 aliphatic carbocycles. The SMILES string of the molecule is Cc1cc2n(c1C(=O)c1ccccc1)CCC2C(C)C. The Hall–Kier alpha value is -1.83. The summed E-state index contributed by atoms with van der Waals surface area (Å²) < 4.78 is 2.25. The van der Waals surface area contributed by atoms with E-state index in [1.165, 1.54) is 5.69 Å². The monoisotopic (exact) mass is 267 g/mol. The van der Waals surface area contributed by atoms with Crippen molar-refractivity contribution in [3.8, 4) is 0 Å². The lowest BCUT2D eigenvalue weighted by atomic mass is 9.91. The van der Waals surface area contributed by atoms with E-state index in [-0.39, 0.29) is 5.78 Å². The quantitative estimate of drug-likeness (QED) is 0.765. The summed E-state index contributed by atoms with van der Waals surface area (Å²) >= 11 is 0. The zero-order chi connectivity index (χ0) is 14.3. The first-order chi connectivity index (χ1) is 9.59. The van der Waals surface area contributed by atoms with E-state index in [0.29, 0.717) is 11.8 Å². The lowest BCUT2D eigenvalue weighted by Crippen LogP contribution is -2.10. The minimum Gasteiger partial charge on any atom is -0.341 e. The molecule has 0 radical (unpaired) electrons. The fourth-order valence-electron chi connectivity index (χ4n) is 3.38. The number of benzene rings is 1. The van der Waals surface area contributed by atoms with Crippen LogP contribution in [0.4, 0.5) is 0 Å². The summed E-state index contributed by atoms with van der Waals surface area (Å²) in [6.07, 6.45) is 1.16. The summed E-state index contributed by atoms with van der Waals surface area (Å²) in [7, 11) is 0. The molecule has 1 aromatic heterocycles. The second-order valence-electron chi connectivity index (χ2n) is 6.09. The molecule has 2 heterocycles. The summed E-state index contributed by atoms with van der Waals surface area (Å²) in [5.74, 6) is 1.37. The minimum atomic E-state index is 0.152. The molecule has 1 aliphatic heterocycles. The van der Waals surface area contributed by atoms with Gasteiger partial charge in [-0.1, -0.05) is 44.2 Å². The predicted octanol–water partition coefficient (Wildman–Crippen LogP) is 4.17. The minimum absolute atomic E-state index is 0.152. The first-order valence-electron chi connectivity index (χ1n) is 7.39. The molecular weight excluding hydrogens is 246 g/mol. The smallest absolute Gasteiger partial charge is 0.209 e. The summed E-state index contributed by atoms with van der Waals surface area (Å²) in [5.41, 5.74) is 4.12. The highest BCUT2D eigenvalue weighted by Gasteiger charge is 2.30. The Balaban J connectivity index is 2.04. The fraction of sp³-hybridized carbons (Fsp3) is 0.389. The standard InChI is InChI=1S/C18H21NO/c1-12(2)15-9-10-19-16(15)11-13(3)17(19)18(20)14-7-5-4-6-8-14/h4-8,11-12,15H,9-10H2,1-3H3. The maximum absolute atomic E-state index is 12.7. The molecule has 0 bridgehead atoms. The van der Waals surface area contributed by atoms with E-state index in [1.54, 1.807) is 0 Å². The highest BCUT2D eigenvalue weighted by atomic mass is 16.1. The van der Waals surface area contributed by atoms with Crippen LogP contribution in [0.15, 0.2) is 36.4 Å². The Bertz CT molecular complexity index is 637. The van der Waals surface area contributed by atoms with Crippen molar-refractivity contribution < 1.29 is 4.79 Å². The lowest BCUT2D eigenvalue weighted by molar-refractivity contribution is 0.103. The van der Waals surface area contributed by atoms with Crippen molar-refractivity contribution >= 4 is 5.78 Å². The van der Waals surface area contributed by atoms with E-state index >= 15 is 0 Å². The van der Waals surface area contributed by atoms with Crippen molar-refractivity contribution in [3.05, 3.63) is 58.9 Å². The van der Waals surface area contributed by atoms with Gasteiger partial charge >= 0.3 is 0 Å². The van der Waals surface area contributed by atoms with Crippen LogP contribution in [0.3, 0.4) is 0 Å². The van der Waals surface area contributed by atoms with Crippen molar-refractivity contribution in [1.29, 1.82) is 0 Å². The average Bonchev–Trinajstić information content (AvgIpc) is 2.96. The van der Waals surface area contributed by atoms with Gasteiger partial charge in [-0.05, 0) is 30.9 Å². The van der Waals surface area contributed by atoms with Crippen LogP contribution < -0.4 is 0 Å². The first-order valence-corrected chi connectivity index (χ1v) is 7.39. The molecule has 0 saturated heterocycles. The van der Waals surface area contributed by atoms with E-state index in [0.717, 1.165) is 29.8 Å². The average molecular weight is 267 g/mol. The van der Waals surface area contributed by atoms with E-state index in [1.807, 2.05) is 30.3 Å². The highest BCUT2D eigenvalue weighted by molar-refractivity contribution is 6.09. The molecule has 1 aliphatic rings. The molecule has 1 atom stereocenters. The van der Waals surface area contributed by atoms with Gasteiger partial charge in [0.1, 0.15) is 0 Å². The second kappa shape index (κ2) is 4.93. The predicted molar refractivity (Wildman–Crippen MR) is 81.2 cm³/mol. The molecule has 0 N–H and O–H groups in total. The van der Waals surface area contributed by atoms with Crippen LogP contribution in [0.1, 0.15) is 53.5 Å². The van der Waals surface area contributed by atoms with Crippen molar-refractivity contribution in [1.82, 2.24) is 4.57 Å². The third kappa shape index (κ3) is 2.00. The number of rotatable bonds is 3. The number of fused-ring (bicyclic) bond motifs is 1. The van der Waals surface area contributed by atoms with Crippen molar-refractivity contribution in [2.45, 2.75) is 39.7 Å². The van der Waals surface area contributed by atoms with Crippen LogP contribution in [0, 0.1) is 12.8 Å². The molecule has 1 aromatic carbocycles. The van der Waals surface area contributed by atoms with Crippen LogP contribution in [-0.2, 0) is 6.54 Å². The van der Waals surface area contributed by atoms with Crippen LogP contribution >= 0.6 is 0 Å². The van der Waals surface area contributed by atoms with Gasteiger partial charge in [0, 0.05) is 23.7 Å². The largest absolute Gasteiger partial charge is 0.341 e. The number of ketones is 1. The van der Waals surface area contributed by atoms with Gasteiger partial charge in [0.15, 0.2) is 0 Å². The summed E-state index contributed by atoms with van der Waals surface area (Å²) in [4.78, 5) is 12.7. The molecule has 2 aromatic rings. The number of aromatic nitrogens is 1. The summed E-state index contributed by atoms with van der Waals surface area (Å²) in [6, 6.07) is 11.8. The Morgan fingerprint density at radius 2 is 1.95 bits per heavy atom. The normalized spacial score (nSPS) is 17.5. The van der Waals surface area contributed by atoms with Crippen LogP contribution in [-0.4, -0.2) is 10.4 Å². The number of hydrogen-bond acceptors (Lipinski definition) is 1. The Morgan fingerprint density at radius 3 is 2.60 bits per heavy atom. The molecule has 20 heavy (non-hydrogen) atoms.